The Hall–Kier alpha value is -1.55. The summed E-state index contributed by atoms with van der Waals surface area (Å²) in [5.74, 6) is 0.689. The molecule has 0 unspecified atom stereocenters. The lowest BCUT2D eigenvalue weighted by atomic mass is 10.3. The zero-order chi connectivity index (χ0) is 11.8. The van der Waals surface area contributed by atoms with Gasteiger partial charge in [-0.25, -0.2) is 0 Å². The molecule has 0 saturated heterocycles. The van der Waals surface area contributed by atoms with Gasteiger partial charge in [-0.15, -0.1) is 0 Å². The smallest absolute Gasteiger partial charge is 0.221 e. The molecule has 0 spiro atoms. The lowest BCUT2D eigenvalue weighted by molar-refractivity contribution is -0.114. The molecule has 16 heavy (non-hydrogen) atoms. The summed E-state index contributed by atoms with van der Waals surface area (Å²) in [5, 5.41) is 5.88. The summed E-state index contributed by atoms with van der Waals surface area (Å²) in [4.78, 5) is 10.9. The van der Waals surface area contributed by atoms with Crippen molar-refractivity contribution in [3.63, 3.8) is 0 Å². The summed E-state index contributed by atoms with van der Waals surface area (Å²) in [7, 11) is 0. The lowest BCUT2D eigenvalue weighted by Crippen LogP contribution is -2.20. The highest BCUT2D eigenvalue weighted by Gasteiger charge is 1.98. The van der Waals surface area contributed by atoms with E-state index in [4.69, 9.17) is 4.74 Å². The van der Waals surface area contributed by atoms with Gasteiger partial charge in [0.15, 0.2) is 0 Å². The molecule has 0 aliphatic rings. The highest BCUT2D eigenvalue weighted by atomic mass is 16.5. The topological polar surface area (TPSA) is 50.4 Å². The maximum Gasteiger partial charge on any atom is 0.221 e. The third-order valence-electron chi connectivity index (χ3n) is 1.95. The Kier molecular flexibility index (Phi) is 5.36. The summed E-state index contributed by atoms with van der Waals surface area (Å²) in [6.45, 7) is 5.92. The first kappa shape index (κ1) is 12.5. The zero-order valence-corrected chi connectivity index (χ0v) is 9.75. The van der Waals surface area contributed by atoms with Gasteiger partial charge in [0.25, 0.3) is 0 Å². The number of carbonyl (C=O) groups is 1. The summed E-state index contributed by atoms with van der Waals surface area (Å²) >= 11 is 0. The number of anilines is 1. The molecule has 2 N–H and O–H groups in total. The van der Waals surface area contributed by atoms with Crippen LogP contribution in [0.1, 0.15) is 13.8 Å². The van der Waals surface area contributed by atoms with Crippen molar-refractivity contribution in [2.75, 3.05) is 25.0 Å². The molecule has 0 radical (unpaired) electrons. The van der Waals surface area contributed by atoms with E-state index in [0.29, 0.717) is 6.61 Å². The van der Waals surface area contributed by atoms with Crippen molar-refractivity contribution in [1.29, 1.82) is 0 Å². The minimum Gasteiger partial charge on any atom is -0.492 e. The first-order valence-electron chi connectivity index (χ1n) is 5.43. The number of likely N-dealkylation sites (N-methyl/N-ethyl adjacent to an activating group) is 1. The quantitative estimate of drug-likeness (QED) is 0.719. The van der Waals surface area contributed by atoms with E-state index in [1.54, 1.807) is 0 Å². The normalized spacial score (nSPS) is 9.88. The Balaban J connectivity index is 2.44. The Morgan fingerprint density at radius 2 is 2.25 bits per heavy atom. The van der Waals surface area contributed by atoms with E-state index in [9.17, 15) is 4.79 Å². The molecule has 4 nitrogen and oxygen atoms in total. The molecule has 0 aromatic heterocycles. The van der Waals surface area contributed by atoms with Crippen LogP contribution in [-0.4, -0.2) is 25.6 Å². The van der Waals surface area contributed by atoms with E-state index in [0.717, 1.165) is 24.5 Å². The zero-order valence-electron chi connectivity index (χ0n) is 9.75. The van der Waals surface area contributed by atoms with Crippen molar-refractivity contribution in [3.05, 3.63) is 24.3 Å². The van der Waals surface area contributed by atoms with Crippen LogP contribution in [0.2, 0.25) is 0 Å². The molecule has 1 amide bonds. The highest BCUT2D eigenvalue weighted by molar-refractivity contribution is 5.88. The predicted molar refractivity (Wildman–Crippen MR) is 64.8 cm³/mol. The Bertz CT molecular complexity index is 340. The van der Waals surface area contributed by atoms with Gasteiger partial charge in [-0.3, -0.25) is 4.79 Å². The second kappa shape index (κ2) is 6.85. The van der Waals surface area contributed by atoms with Crippen LogP contribution < -0.4 is 15.4 Å². The van der Waals surface area contributed by atoms with Gasteiger partial charge in [0.05, 0.1) is 0 Å². The number of ether oxygens (including phenoxy) is 1. The second-order valence-corrected chi connectivity index (χ2v) is 3.41. The van der Waals surface area contributed by atoms with Crippen molar-refractivity contribution in [1.82, 2.24) is 5.32 Å². The molecule has 1 aromatic rings. The minimum absolute atomic E-state index is 0.0789. The predicted octanol–water partition coefficient (Wildman–Crippen LogP) is 1.63. The van der Waals surface area contributed by atoms with E-state index in [1.165, 1.54) is 6.92 Å². The molecule has 0 aliphatic carbocycles. The van der Waals surface area contributed by atoms with Gasteiger partial charge in [-0.1, -0.05) is 13.0 Å². The molecule has 88 valence electrons. The summed E-state index contributed by atoms with van der Waals surface area (Å²) in [6, 6.07) is 7.37. The van der Waals surface area contributed by atoms with Crippen molar-refractivity contribution >= 4 is 11.6 Å². The summed E-state index contributed by atoms with van der Waals surface area (Å²) in [5.41, 5.74) is 0.758. The van der Waals surface area contributed by atoms with E-state index in [-0.39, 0.29) is 5.91 Å². The molecule has 0 atom stereocenters. The number of hydrogen-bond donors (Lipinski definition) is 2. The fraction of sp³-hybridized carbons (Fsp3) is 0.417. The van der Waals surface area contributed by atoms with Crippen molar-refractivity contribution < 1.29 is 9.53 Å². The number of carbonyl (C=O) groups excluding carboxylic acids is 1. The first-order chi connectivity index (χ1) is 7.72. The minimum atomic E-state index is -0.0789. The van der Waals surface area contributed by atoms with E-state index < -0.39 is 0 Å². The molecular weight excluding hydrogens is 204 g/mol. The molecule has 1 rings (SSSR count). The maximum absolute atomic E-state index is 10.9. The number of rotatable bonds is 6. The van der Waals surface area contributed by atoms with Crippen LogP contribution in [0.4, 0.5) is 5.69 Å². The Morgan fingerprint density at radius 3 is 2.94 bits per heavy atom. The fourth-order valence-electron chi connectivity index (χ4n) is 1.28. The van der Waals surface area contributed by atoms with Crippen molar-refractivity contribution in [2.24, 2.45) is 0 Å². The van der Waals surface area contributed by atoms with Gasteiger partial charge in [-0.05, 0) is 18.7 Å². The molecule has 0 fully saturated rings. The summed E-state index contributed by atoms with van der Waals surface area (Å²) in [6.07, 6.45) is 0. The third kappa shape index (κ3) is 4.79. The number of benzene rings is 1. The van der Waals surface area contributed by atoms with Crippen molar-refractivity contribution in [2.45, 2.75) is 13.8 Å². The molecule has 4 heteroatoms. The molecule has 0 aliphatic heterocycles. The average Bonchev–Trinajstić information content (AvgIpc) is 2.24. The van der Waals surface area contributed by atoms with Crippen LogP contribution in [-0.2, 0) is 4.79 Å². The number of hydrogen-bond acceptors (Lipinski definition) is 3. The first-order valence-corrected chi connectivity index (χ1v) is 5.43. The fourth-order valence-corrected chi connectivity index (χ4v) is 1.28. The van der Waals surface area contributed by atoms with Crippen LogP contribution in [0.5, 0.6) is 5.75 Å². The van der Waals surface area contributed by atoms with Crippen LogP contribution in [0, 0.1) is 0 Å². The standard InChI is InChI=1S/C12H18N2O2/c1-3-13-7-8-16-12-6-4-5-11(9-12)14-10(2)15/h4-6,9,13H,3,7-8H2,1-2H3,(H,14,15). The van der Waals surface area contributed by atoms with Crippen molar-refractivity contribution in [3.8, 4) is 5.75 Å². The van der Waals surface area contributed by atoms with E-state index in [1.807, 2.05) is 24.3 Å². The monoisotopic (exact) mass is 222 g/mol. The summed E-state index contributed by atoms with van der Waals surface area (Å²) < 4.78 is 5.52. The third-order valence-corrected chi connectivity index (χ3v) is 1.95. The average molecular weight is 222 g/mol. The van der Waals surface area contributed by atoms with E-state index in [2.05, 4.69) is 17.6 Å². The largest absolute Gasteiger partial charge is 0.492 e. The van der Waals surface area contributed by atoms with Gasteiger partial charge >= 0.3 is 0 Å². The van der Waals surface area contributed by atoms with Gasteiger partial charge < -0.3 is 15.4 Å². The van der Waals surface area contributed by atoms with Crippen LogP contribution in [0.3, 0.4) is 0 Å². The van der Waals surface area contributed by atoms with E-state index >= 15 is 0 Å². The molecule has 0 bridgehead atoms. The molecule has 1 aromatic carbocycles. The SMILES string of the molecule is CCNCCOc1cccc(NC(C)=O)c1. The molecule has 0 heterocycles. The maximum atomic E-state index is 10.9. The molecule has 0 saturated carbocycles. The van der Waals surface area contributed by atoms with Crippen LogP contribution in [0.25, 0.3) is 0 Å². The van der Waals surface area contributed by atoms with Crippen LogP contribution >= 0.6 is 0 Å². The van der Waals surface area contributed by atoms with Gasteiger partial charge in [0.1, 0.15) is 12.4 Å². The number of nitrogens with one attached hydrogen (secondary N) is 2. The molecular formula is C12H18N2O2. The van der Waals surface area contributed by atoms with Gasteiger partial charge in [-0.2, -0.15) is 0 Å². The lowest BCUT2D eigenvalue weighted by Gasteiger charge is -2.08. The second-order valence-electron chi connectivity index (χ2n) is 3.41. The van der Waals surface area contributed by atoms with Gasteiger partial charge in [0.2, 0.25) is 5.91 Å². The Labute approximate surface area is 96.0 Å². The number of amides is 1. The van der Waals surface area contributed by atoms with Crippen LogP contribution in [0.15, 0.2) is 24.3 Å². The highest BCUT2D eigenvalue weighted by Crippen LogP contribution is 2.16. The Morgan fingerprint density at radius 1 is 1.44 bits per heavy atom. The van der Waals surface area contributed by atoms with Gasteiger partial charge in [0, 0.05) is 25.2 Å².